The molecule has 0 saturated carbocycles. The Morgan fingerprint density at radius 3 is 2.28 bits per heavy atom. The van der Waals surface area contributed by atoms with Crippen LogP contribution in [0, 0.1) is 5.92 Å². The van der Waals surface area contributed by atoms with Crippen molar-refractivity contribution >= 4 is 11.9 Å². The first kappa shape index (κ1) is 18.7. The Labute approximate surface area is 148 Å². The topological polar surface area (TPSA) is 52.6 Å². The summed E-state index contributed by atoms with van der Waals surface area (Å²) in [5, 5.41) is 0. The van der Waals surface area contributed by atoms with Gasteiger partial charge < -0.3 is 9.47 Å². The molecule has 0 aromatic heterocycles. The van der Waals surface area contributed by atoms with Crippen LogP contribution in [0.5, 0.6) is 5.75 Å². The highest BCUT2D eigenvalue weighted by Crippen LogP contribution is 2.31. The first-order chi connectivity index (χ1) is 12.0. The van der Waals surface area contributed by atoms with Crippen LogP contribution < -0.4 is 4.74 Å². The zero-order chi connectivity index (χ0) is 18.2. The number of para-hydroxylation sites is 1. The van der Waals surface area contributed by atoms with Crippen molar-refractivity contribution in [1.82, 2.24) is 0 Å². The molecule has 0 radical (unpaired) electrons. The van der Waals surface area contributed by atoms with Crippen LogP contribution in [0.15, 0.2) is 54.6 Å². The molecule has 0 N–H and O–H groups in total. The number of hydrogen-bond acceptors (Lipinski definition) is 4. The van der Waals surface area contributed by atoms with E-state index in [-0.39, 0.29) is 17.8 Å². The summed E-state index contributed by atoms with van der Waals surface area (Å²) in [5.74, 6) is -0.223. The average molecular weight is 340 g/mol. The molecule has 2 aromatic carbocycles. The molecule has 2 atom stereocenters. The van der Waals surface area contributed by atoms with Gasteiger partial charge in [-0.25, -0.2) is 4.79 Å². The quantitative estimate of drug-likeness (QED) is 0.546. The minimum Gasteiger partial charge on any atom is -0.466 e. The van der Waals surface area contributed by atoms with Crippen LogP contribution in [0.1, 0.15) is 49.0 Å². The molecule has 0 heterocycles. The normalized spacial score (nSPS) is 12.9. The summed E-state index contributed by atoms with van der Waals surface area (Å²) in [7, 11) is 0. The van der Waals surface area contributed by atoms with Crippen molar-refractivity contribution in [2.45, 2.75) is 33.1 Å². The molecule has 0 amide bonds. The molecule has 0 fully saturated rings. The second-order valence-corrected chi connectivity index (χ2v) is 6.08. The molecule has 0 spiro atoms. The van der Waals surface area contributed by atoms with Crippen molar-refractivity contribution in [3.05, 3.63) is 65.7 Å². The van der Waals surface area contributed by atoms with E-state index < -0.39 is 5.97 Å². The highest BCUT2D eigenvalue weighted by molar-refractivity contribution is 5.91. The van der Waals surface area contributed by atoms with Gasteiger partial charge in [-0.1, -0.05) is 50.2 Å². The Morgan fingerprint density at radius 2 is 1.60 bits per heavy atom. The zero-order valence-corrected chi connectivity index (χ0v) is 14.9. The molecular formula is C21H24O4. The summed E-state index contributed by atoms with van der Waals surface area (Å²) in [5.41, 5.74) is 1.41. The lowest BCUT2D eigenvalue weighted by atomic mass is 9.90. The lowest BCUT2D eigenvalue weighted by molar-refractivity contribution is -0.147. The van der Waals surface area contributed by atoms with Crippen LogP contribution in [0.3, 0.4) is 0 Å². The molecule has 25 heavy (non-hydrogen) atoms. The van der Waals surface area contributed by atoms with Crippen LogP contribution in [0.2, 0.25) is 0 Å². The molecule has 4 heteroatoms. The third-order valence-corrected chi connectivity index (χ3v) is 4.06. The van der Waals surface area contributed by atoms with Gasteiger partial charge in [0, 0.05) is 0 Å². The smallest absolute Gasteiger partial charge is 0.343 e. The summed E-state index contributed by atoms with van der Waals surface area (Å²) in [6, 6.07) is 16.3. The monoisotopic (exact) mass is 340 g/mol. The van der Waals surface area contributed by atoms with E-state index in [1.807, 2.05) is 38.1 Å². The molecule has 0 aliphatic rings. The number of ether oxygens (including phenoxy) is 2. The van der Waals surface area contributed by atoms with Gasteiger partial charge in [0.2, 0.25) is 0 Å². The maximum Gasteiger partial charge on any atom is 0.343 e. The van der Waals surface area contributed by atoms with Crippen molar-refractivity contribution in [3.8, 4) is 5.75 Å². The number of rotatable bonds is 7. The minimum atomic E-state index is -0.390. The fourth-order valence-corrected chi connectivity index (χ4v) is 2.75. The number of hydrogen-bond donors (Lipinski definition) is 0. The van der Waals surface area contributed by atoms with Crippen LogP contribution in [-0.4, -0.2) is 18.5 Å². The van der Waals surface area contributed by atoms with E-state index in [4.69, 9.17) is 9.47 Å². The summed E-state index contributed by atoms with van der Waals surface area (Å²) in [6.07, 6.45) is 0.624. The van der Waals surface area contributed by atoms with Gasteiger partial charge in [0.1, 0.15) is 5.75 Å². The van der Waals surface area contributed by atoms with Gasteiger partial charge in [-0.15, -0.1) is 0 Å². The molecule has 0 aliphatic heterocycles. The number of benzene rings is 2. The van der Waals surface area contributed by atoms with Gasteiger partial charge in [0.15, 0.2) is 0 Å². The lowest BCUT2D eigenvalue weighted by Crippen LogP contribution is -2.17. The summed E-state index contributed by atoms with van der Waals surface area (Å²) in [6.45, 7) is 6.05. The minimum absolute atomic E-state index is 0.0548. The van der Waals surface area contributed by atoms with E-state index in [2.05, 4.69) is 0 Å². The molecule has 0 saturated heterocycles. The third-order valence-electron chi connectivity index (χ3n) is 4.06. The summed E-state index contributed by atoms with van der Waals surface area (Å²) >= 11 is 0. The average Bonchev–Trinajstić information content (AvgIpc) is 2.63. The molecule has 0 bridgehead atoms. The SMILES string of the molecule is CCOC(=O)C(C)CC(C)c1ccccc1OC(=O)c1ccccc1. The van der Waals surface area contributed by atoms with Crippen LogP contribution in [0.4, 0.5) is 0 Å². The first-order valence-corrected chi connectivity index (χ1v) is 8.55. The van der Waals surface area contributed by atoms with Gasteiger partial charge >= 0.3 is 11.9 Å². The Balaban J connectivity index is 2.12. The second kappa shape index (κ2) is 9.02. The first-order valence-electron chi connectivity index (χ1n) is 8.55. The lowest BCUT2D eigenvalue weighted by Gasteiger charge is -2.19. The van der Waals surface area contributed by atoms with Crippen molar-refractivity contribution < 1.29 is 19.1 Å². The Morgan fingerprint density at radius 1 is 0.960 bits per heavy atom. The summed E-state index contributed by atoms with van der Waals surface area (Å²) < 4.78 is 10.7. The largest absolute Gasteiger partial charge is 0.466 e. The fourth-order valence-electron chi connectivity index (χ4n) is 2.75. The maximum atomic E-state index is 12.3. The Hall–Kier alpha value is -2.62. The van der Waals surface area contributed by atoms with E-state index in [9.17, 15) is 9.59 Å². The van der Waals surface area contributed by atoms with E-state index in [1.54, 1.807) is 37.3 Å². The predicted molar refractivity (Wildman–Crippen MR) is 96.7 cm³/mol. The van der Waals surface area contributed by atoms with E-state index in [0.29, 0.717) is 24.3 Å². The Kier molecular flexibility index (Phi) is 6.75. The number of esters is 2. The zero-order valence-electron chi connectivity index (χ0n) is 14.9. The molecule has 2 aromatic rings. The van der Waals surface area contributed by atoms with Crippen LogP contribution in [-0.2, 0) is 9.53 Å². The van der Waals surface area contributed by atoms with E-state index in [1.165, 1.54) is 0 Å². The molecule has 0 aliphatic carbocycles. The van der Waals surface area contributed by atoms with Gasteiger partial charge in [0.05, 0.1) is 18.1 Å². The number of carbonyl (C=O) groups is 2. The predicted octanol–water partition coefficient (Wildman–Crippen LogP) is 4.60. The summed E-state index contributed by atoms with van der Waals surface area (Å²) in [4.78, 5) is 24.2. The van der Waals surface area contributed by atoms with E-state index >= 15 is 0 Å². The standard InChI is InChI=1S/C21H24O4/c1-4-24-20(22)16(3)14-15(2)18-12-8-9-13-19(18)25-21(23)17-10-6-5-7-11-17/h5-13,15-16H,4,14H2,1-3H3. The van der Waals surface area contributed by atoms with E-state index in [0.717, 1.165) is 5.56 Å². The van der Waals surface area contributed by atoms with Crippen molar-refractivity contribution in [2.24, 2.45) is 5.92 Å². The molecule has 4 nitrogen and oxygen atoms in total. The van der Waals surface area contributed by atoms with Crippen LogP contribution in [0.25, 0.3) is 0 Å². The van der Waals surface area contributed by atoms with Gasteiger partial charge in [-0.3, -0.25) is 4.79 Å². The highest BCUT2D eigenvalue weighted by atomic mass is 16.5. The van der Waals surface area contributed by atoms with Gasteiger partial charge in [-0.2, -0.15) is 0 Å². The van der Waals surface area contributed by atoms with Crippen molar-refractivity contribution in [2.75, 3.05) is 6.61 Å². The number of carbonyl (C=O) groups excluding carboxylic acids is 2. The molecule has 132 valence electrons. The fraction of sp³-hybridized carbons (Fsp3) is 0.333. The highest BCUT2D eigenvalue weighted by Gasteiger charge is 2.21. The van der Waals surface area contributed by atoms with Crippen molar-refractivity contribution in [1.29, 1.82) is 0 Å². The molecule has 2 unspecified atom stereocenters. The second-order valence-electron chi connectivity index (χ2n) is 6.08. The third kappa shape index (κ3) is 5.18. The Bertz CT molecular complexity index is 709. The molecule has 2 rings (SSSR count). The van der Waals surface area contributed by atoms with Crippen LogP contribution >= 0.6 is 0 Å². The molecular weight excluding hydrogens is 316 g/mol. The van der Waals surface area contributed by atoms with Gasteiger partial charge in [0.25, 0.3) is 0 Å². The van der Waals surface area contributed by atoms with Crippen molar-refractivity contribution in [3.63, 3.8) is 0 Å². The maximum absolute atomic E-state index is 12.3. The van der Waals surface area contributed by atoms with Gasteiger partial charge in [-0.05, 0) is 43.0 Å².